The number of hydrogen-bond donors (Lipinski definition) is 2. The van der Waals surface area contributed by atoms with E-state index >= 15 is 0 Å². The molecular weight excluding hydrogens is 550 g/mol. The molecule has 4 rings (SSSR count). The van der Waals surface area contributed by atoms with Gasteiger partial charge in [0, 0.05) is 23.5 Å². The van der Waals surface area contributed by atoms with Crippen LogP contribution >= 0.6 is 0 Å². The molecule has 3 aliphatic carbocycles. The van der Waals surface area contributed by atoms with Gasteiger partial charge in [-0.2, -0.15) is 0 Å². The van der Waals surface area contributed by atoms with Crippen LogP contribution in [0.5, 0.6) is 0 Å². The Balaban J connectivity index is 1.75. The summed E-state index contributed by atoms with van der Waals surface area (Å²) < 4.78 is 19.4. The lowest BCUT2D eigenvalue weighted by molar-refractivity contribution is -0.226. The molecule has 2 unspecified atom stereocenters. The first-order valence-electron chi connectivity index (χ1n) is 17.6. The smallest absolute Gasteiger partial charge is 0.307 e. The predicted octanol–water partition coefficient (Wildman–Crippen LogP) is 7.98. The van der Waals surface area contributed by atoms with E-state index in [4.69, 9.17) is 19.9 Å². The second-order valence-electron chi connectivity index (χ2n) is 17.9. The van der Waals surface area contributed by atoms with Crippen LogP contribution in [-0.4, -0.2) is 55.8 Å². The summed E-state index contributed by atoms with van der Waals surface area (Å²) in [6.45, 7) is 28.9. The van der Waals surface area contributed by atoms with Gasteiger partial charge in [-0.3, -0.25) is 4.79 Å². The number of fused-ring (bicyclic) bond motifs is 5. The van der Waals surface area contributed by atoms with Gasteiger partial charge in [0.1, 0.15) is 0 Å². The highest BCUT2D eigenvalue weighted by Gasteiger charge is 2.69. The van der Waals surface area contributed by atoms with Crippen molar-refractivity contribution in [1.29, 1.82) is 0 Å². The molecule has 1 saturated heterocycles. The van der Waals surface area contributed by atoms with Crippen LogP contribution in [0.1, 0.15) is 115 Å². The van der Waals surface area contributed by atoms with E-state index in [0.29, 0.717) is 43.5 Å². The molecule has 0 aromatic rings. The van der Waals surface area contributed by atoms with Crippen molar-refractivity contribution < 1.29 is 24.1 Å². The fraction of sp³-hybridized carbons (Fsp3) is 0.921. The van der Waals surface area contributed by atoms with Crippen molar-refractivity contribution in [2.24, 2.45) is 68.3 Å². The lowest BCUT2D eigenvalue weighted by atomic mass is 9.35. The third-order valence-electron chi connectivity index (χ3n) is 15.1. The fourth-order valence-electron chi connectivity index (χ4n) is 11.0. The van der Waals surface area contributed by atoms with Crippen LogP contribution in [0, 0.1) is 62.6 Å². The van der Waals surface area contributed by atoms with Crippen LogP contribution < -0.4 is 5.73 Å². The summed E-state index contributed by atoms with van der Waals surface area (Å²) in [6.07, 6.45) is 7.20. The summed E-state index contributed by atoms with van der Waals surface area (Å²) in [5.41, 5.74) is 6.72. The van der Waals surface area contributed by atoms with E-state index in [1.54, 1.807) is 7.11 Å². The molecular formula is C38H67NO5. The molecule has 0 amide bonds. The maximum Gasteiger partial charge on any atom is 0.307 e. The Morgan fingerprint density at radius 2 is 1.66 bits per heavy atom. The van der Waals surface area contributed by atoms with Gasteiger partial charge >= 0.3 is 5.97 Å². The van der Waals surface area contributed by atoms with Gasteiger partial charge in [0.05, 0.1) is 37.9 Å². The Kier molecular flexibility index (Phi) is 9.74. The van der Waals surface area contributed by atoms with Crippen molar-refractivity contribution in [1.82, 2.24) is 0 Å². The summed E-state index contributed by atoms with van der Waals surface area (Å²) in [6, 6.07) is 0. The van der Waals surface area contributed by atoms with Crippen LogP contribution in [0.25, 0.3) is 0 Å². The van der Waals surface area contributed by atoms with Crippen LogP contribution in [0.4, 0.5) is 0 Å². The maximum absolute atomic E-state index is 13.3. The number of aliphatic carboxylic acids is 1. The molecule has 6 nitrogen and oxygen atoms in total. The summed E-state index contributed by atoms with van der Waals surface area (Å²) in [4.78, 5) is 13.3. The van der Waals surface area contributed by atoms with Gasteiger partial charge in [-0.15, -0.1) is 0 Å². The van der Waals surface area contributed by atoms with Crippen LogP contribution in [0.2, 0.25) is 0 Å². The number of carboxylic acids is 1. The van der Waals surface area contributed by atoms with Gasteiger partial charge in [0.2, 0.25) is 0 Å². The number of allylic oxidation sites excluding steroid dienone is 1. The molecule has 0 aromatic carbocycles. The number of hydrogen-bond acceptors (Lipinski definition) is 5. The Bertz CT molecular complexity index is 1100. The highest BCUT2D eigenvalue weighted by atomic mass is 16.5. The molecule has 6 heteroatoms. The van der Waals surface area contributed by atoms with Crippen LogP contribution in [0.15, 0.2) is 11.6 Å². The zero-order chi connectivity index (χ0) is 33.3. The normalized spacial score (nSPS) is 44.1. The minimum atomic E-state index is -0.611. The number of carbonyl (C=O) groups is 1. The van der Waals surface area contributed by atoms with E-state index in [2.05, 4.69) is 89.2 Å². The van der Waals surface area contributed by atoms with Crippen molar-refractivity contribution in [3.8, 4) is 0 Å². The molecule has 44 heavy (non-hydrogen) atoms. The van der Waals surface area contributed by atoms with Crippen LogP contribution in [-0.2, 0) is 19.0 Å². The second-order valence-corrected chi connectivity index (χ2v) is 17.9. The predicted molar refractivity (Wildman–Crippen MR) is 178 cm³/mol. The lowest BCUT2D eigenvalue weighted by Crippen LogP contribution is -2.66. The molecule has 12 atom stereocenters. The van der Waals surface area contributed by atoms with Gasteiger partial charge in [-0.1, -0.05) is 80.9 Å². The first kappa shape index (κ1) is 35.9. The summed E-state index contributed by atoms with van der Waals surface area (Å²) in [7, 11) is 1.77. The number of carboxylic acid groups (broad SMARTS) is 1. The van der Waals surface area contributed by atoms with Gasteiger partial charge < -0.3 is 25.1 Å². The van der Waals surface area contributed by atoms with E-state index in [1.165, 1.54) is 5.57 Å². The minimum Gasteiger partial charge on any atom is -0.481 e. The first-order chi connectivity index (χ1) is 20.2. The maximum atomic E-state index is 13.3. The van der Waals surface area contributed by atoms with Gasteiger partial charge in [-0.05, 0) is 91.8 Å². The number of methoxy groups -OCH3 is 1. The summed E-state index contributed by atoms with van der Waals surface area (Å²) in [5.74, 6) is 0.779. The monoisotopic (exact) mass is 618 g/mol. The van der Waals surface area contributed by atoms with Gasteiger partial charge in [-0.25, -0.2) is 0 Å². The molecule has 1 heterocycles. The zero-order valence-corrected chi connectivity index (χ0v) is 30.5. The summed E-state index contributed by atoms with van der Waals surface area (Å²) in [5, 5.41) is 10.9. The zero-order valence-electron chi connectivity index (χ0n) is 30.5. The van der Waals surface area contributed by atoms with Crippen molar-refractivity contribution in [3.05, 3.63) is 11.6 Å². The molecule has 0 aromatic heterocycles. The largest absolute Gasteiger partial charge is 0.481 e. The van der Waals surface area contributed by atoms with Crippen molar-refractivity contribution in [2.75, 3.05) is 26.9 Å². The van der Waals surface area contributed by atoms with E-state index in [1.807, 2.05) is 0 Å². The van der Waals surface area contributed by atoms with E-state index in [9.17, 15) is 9.90 Å². The molecule has 0 radical (unpaired) electrons. The highest BCUT2D eigenvalue weighted by molar-refractivity contribution is 5.73. The average molecular weight is 618 g/mol. The molecule has 3 fully saturated rings. The molecule has 0 bridgehead atoms. The SMILES string of the molecule is CO[C@H](C)[C@H](OCC(C)(N)C(C)C)C1(C)COC[C@@]2(C)C3=CC[C@@]4(C)[C@H](C(=O)O)[C@@](C)([C@H](C)C(C)C)CC[C@]4(C)[C@H]3CC[C@@H]12. The average Bonchev–Trinajstić information content (AvgIpc) is 2.92. The molecule has 3 N–H and O–H groups in total. The van der Waals surface area contributed by atoms with E-state index in [-0.39, 0.29) is 51.1 Å². The summed E-state index contributed by atoms with van der Waals surface area (Å²) >= 11 is 0. The molecule has 2 saturated carbocycles. The topological polar surface area (TPSA) is 91.0 Å². The van der Waals surface area contributed by atoms with E-state index in [0.717, 1.165) is 32.1 Å². The van der Waals surface area contributed by atoms with Gasteiger partial charge in [0.25, 0.3) is 0 Å². The third kappa shape index (κ3) is 5.24. The minimum absolute atomic E-state index is 0.0907. The van der Waals surface area contributed by atoms with Crippen LogP contribution in [0.3, 0.4) is 0 Å². The number of nitrogens with two attached hydrogens (primary N) is 1. The van der Waals surface area contributed by atoms with E-state index < -0.39 is 11.5 Å². The highest BCUT2D eigenvalue weighted by Crippen LogP contribution is 2.73. The van der Waals surface area contributed by atoms with Crippen molar-refractivity contribution >= 4 is 5.97 Å². The molecule has 1 aliphatic heterocycles. The quantitative estimate of drug-likeness (QED) is 0.242. The Morgan fingerprint density at radius 3 is 2.20 bits per heavy atom. The van der Waals surface area contributed by atoms with Gasteiger partial charge in [0.15, 0.2) is 0 Å². The molecule has 254 valence electrons. The Hall–Kier alpha value is -0.950. The Morgan fingerprint density at radius 1 is 1.02 bits per heavy atom. The number of ether oxygens (including phenoxy) is 3. The lowest BCUT2D eigenvalue weighted by Gasteiger charge is -2.69. The second kappa shape index (κ2) is 11.9. The van der Waals surface area contributed by atoms with Crippen molar-refractivity contribution in [2.45, 2.75) is 133 Å². The standard InChI is InChI=1S/C38H67NO5/c1-23(2)25(5)33(7)18-19-36(10)28-14-15-29-34(8,27(28)16-17-37(36,11)30(33)32(40)41)20-43-21-35(29,9)31(26(6)42-13)44-22-38(12,39)24(3)4/h16,23-26,28-31H,14-15,17-22,39H2,1-13H3,(H,40,41)/t25-,26-,28+,29-,30-,31+,33-,34+,35?,36-,37+,38?/m1/s1. The van der Waals surface area contributed by atoms with Crippen molar-refractivity contribution in [3.63, 3.8) is 0 Å². The first-order valence-corrected chi connectivity index (χ1v) is 17.6. The molecule has 0 spiro atoms. The fourth-order valence-corrected chi connectivity index (χ4v) is 11.0. The number of rotatable bonds is 10. The Labute approximate surface area is 269 Å². The molecule has 4 aliphatic rings. The third-order valence-corrected chi connectivity index (χ3v) is 15.1.